The Bertz CT molecular complexity index is 116. The molecule has 23 heavy (non-hydrogen) atoms. The first-order chi connectivity index (χ1) is 5.20. The van der Waals surface area contributed by atoms with E-state index >= 15 is 0 Å². The summed E-state index contributed by atoms with van der Waals surface area (Å²) < 4.78 is 0. The van der Waals surface area contributed by atoms with Crippen molar-refractivity contribution in [1.82, 2.24) is 0 Å². The van der Waals surface area contributed by atoms with Crippen LogP contribution in [0.1, 0.15) is 0 Å². The van der Waals surface area contributed by atoms with Crippen LogP contribution in [0.3, 0.4) is 0 Å². The quantitative estimate of drug-likeness (QED) is 0.203. The third-order valence-corrected chi connectivity index (χ3v) is 0. The van der Waals surface area contributed by atoms with Gasteiger partial charge in [0.1, 0.15) is 0 Å². The zero-order chi connectivity index (χ0) is 10.7. The largest absolute Gasteiger partial charge is 3.00 e. The van der Waals surface area contributed by atoms with Gasteiger partial charge in [0.25, 0.3) is 0 Å². The minimum atomic E-state index is -1.75. The predicted molar refractivity (Wildman–Crippen MR) is 67.2 cm³/mol. The van der Waals surface area contributed by atoms with E-state index in [1.165, 1.54) is 0 Å². The maximum absolute atomic E-state index is 8.25. The molecule has 0 aliphatic rings. The van der Waals surface area contributed by atoms with E-state index in [0.29, 0.717) is 0 Å². The van der Waals surface area contributed by atoms with Gasteiger partial charge in [0, 0.05) is 0 Å². The summed E-state index contributed by atoms with van der Waals surface area (Å²) in [5.41, 5.74) is 0. The van der Waals surface area contributed by atoms with Crippen molar-refractivity contribution in [3.8, 4) is 0 Å². The SMILES string of the molecule is O.O.O.O.O.O.O.O.O.O.O=[N+]([O-])[O-].O=[N+]([O-])[O-].O=[N+]([O-])[O-].[Fe+3]. The Hall–Kier alpha value is -2.28. The summed E-state index contributed by atoms with van der Waals surface area (Å²) >= 11 is 0. The van der Waals surface area contributed by atoms with E-state index in [0.717, 1.165) is 0 Å². The zero-order valence-electron chi connectivity index (χ0n) is 10.4. The van der Waals surface area contributed by atoms with E-state index in [1.807, 2.05) is 0 Å². The van der Waals surface area contributed by atoms with Gasteiger partial charge in [-0.2, -0.15) is 0 Å². The number of nitrogens with zero attached hydrogens (tertiary/aromatic N) is 3. The Morgan fingerprint density at radius 3 is 0.348 bits per heavy atom. The molecule has 0 aromatic carbocycles. The number of hydrogen-bond acceptors (Lipinski definition) is 9. The molecule has 0 saturated carbocycles. The van der Waals surface area contributed by atoms with Crippen LogP contribution in [0.5, 0.6) is 0 Å². The molecule has 22 nitrogen and oxygen atoms in total. The summed E-state index contributed by atoms with van der Waals surface area (Å²) in [7, 11) is 0. The first kappa shape index (κ1) is 178. The van der Waals surface area contributed by atoms with Gasteiger partial charge < -0.3 is 101 Å². The molecule has 157 valence electrons. The second-order valence-corrected chi connectivity index (χ2v) is 0.671. The van der Waals surface area contributed by atoms with Crippen LogP contribution in [0.15, 0.2) is 0 Å². The van der Waals surface area contributed by atoms with Gasteiger partial charge in [0.05, 0.1) is 15.3 Å². The molecule has 0 rings (SSSR count). The second-order valence-electron chi connectivity index (χ2n) is 0.671. The molecule has 0 aromatic rings. The molecule has 0 unspecified atom stereocenters. The maximum atomic E-state index is 8.25. The van der Waals surface area contributed by atoms with Crippen molar-refractivity contribution >= 4 is 0 Å². The van der Waals surface area contributed by atoms with E-state index in [2.05, 4.69) is 0 Å². The first-order valence-electron chi connectivity index (χ1n) is 1.64. The average molecular weight is 422 g/mol. The Labute approximate surface area is 134 Å². The average Bonchev–Trinajstić information content (AvgIpc) is 1.54. The van der Waals surface area contributed by atoms with Gasteiger partial charge in [0.2, 0.25) is 0 Å². The van der Waals surface area contributed by atoms with Gasteiger partial charge in [-0.25, -0.2) is 0 Å². The number of rotatable bonds is 0. The molecule has 0 aliphatic heterocycles. The van der Waals surface area contributed by atoms with Crippen LogP contribution in [0, 0.1) is 46.0 Å². The van der Waals surface area contributed by atoms with Gasteiger partial charge in [-0.05, 0) is 0 Å². The van der Waals surface area contributed by atoms with Gasteiger partial charge in [0.15, 0.2) is 0 Å². The summed E-state index contributed by atoms with van der Waals surface area (Å²) in [5.74, 6) is 0. The summed E-state index contributed by atoms with van der Waals surface area (Å²) in [6.07, 6.45) is 0. The fraction of sp³-hybridized carbons (Fsp3) is 0. The van der Waals surface area contributed by atoms with E-state index in [4.69, 9.17) is 46.0 Å². The predicted octanol–water partition coefficient (Wildman–Crippen LogP) is -8.97. The maximum Gasteiger partial charge on any atom is 3.00 e. The summed E-state index contributed by atoms with van der Waals surface area (Å²) in [4.78, 5) is 24.8. The fourth-order valence-electron chi connectivity index (χ4n) is 0. The van der Waals surface area contributed by atoms with Crippen molar-refractivity contribution in [3.63, 3.8) is 0 Å². The van der Waals surface area contributed by atoms with Gasteiger partial charge >= 0.3 is 17.1 Å². The first-order valence-corrected chi connectivity index (χ1v) is 1.64. The molecule has 20 N–H and O–H groups in total. The van der Waals surface area contributed by atoms with Gasteiger partial charge in [-0.3, -0.25) is 0 Å². The third-order valence-electron chi connectivity index (χ3n) is 0. The van der Waals surface area contributed by atoms with Crippen LogP contribution < -0.4 is 0 Å². The Morgan fingerprint density at radius 2 is 0.348 bits per heavy atom. The van der Waals surface area contributed by atoms with E-state index in [-0.39, 0.29) is 71.8 Å². The second kappa shape index (κ2) is 153. The smallest absolute Gasteiger partial charge is 0.412 e. The van der Waals surface area contributed by atoms with Crippen LogP contribution in [0.2, 0.25) is 0 Å². The summed E-state index contributed by atoms with van der Waals surface area (Å²) in [6.45, 7) is 0. The normalized spacial score (nSPS) is 3.13. The molecular weight excluding hydrogens is 402 g/mol. The molecule has 0 aliphatic carbocycles. The number of hydrogen-bond donors (Lipinski definition) is 0. The molecule has 0 aromatic heterocycles. The van der Waals surface area contributed by atoms with E-state index in [9.17, 15) is 0 Å². The third kappa shape index (κ3) is 1190. The van der Waals surface area contributed by atoms with Gasteiger partial charge in [-0.15, -0.1) is 0 Å². The zero-order valence-corrected chi connectivity index (χ0v) is 11.5. The fourth-order valence-corrected chi connectivity index (χ4v) is 0. The molecule has 0 heterocycles. The summed E-state index contributed by atoms with van der Waals surface area (Å²) in [6, 6.07) is 0. The van der Waals surface area contributed by atoms with E-state index in [1.54, 1.807) is 0 Å². The van der Waals surface area contributed by atoms with E-state index < -0.39 is 15.3 Å². The Morgan fingerprint density at radius 1 is 0.348 bits per heavy atom. The van der Waals surface area contributed by atoms with Crippen molar-refractivity contribution in [3.05, 3.63) is 46.0 Å². The van der Waals surface area contributed by atoms with Crippen molar-refractivity contribution in [2.45, 2.75) is 0 Å². The standard InChI is InChI=1S/Fe.3NO3.10H2O/c;3*2-1(3)4;;;;;;;;;;/h;;;;10*1H2/q+3;3*-1;;;;;;;;;;. The molecule has 0 atom stereocenters. The van der Waals surface area contributed by atoms with Gasteiger partial charge in [-0.1, -0.05) is 0 Å². The van der Waals surface area contributed by atoms with Crippen molar-refractivity contribution in [1.29, 1.82) is 0 Å². The molecule has 0 saturated heterocycles. The molecule has 0 spiro atoms. The van der Waals surface area contributed by atoms with Crippen LogP contribution in [0.4, 0.5) is 0 Å². The Balaban J connectivity index is -0.00000000355. The van der Waals surface area contributed by atoms with Crippen LogP contribution in [-0.2, 0) is 17.1 Å². The summed E-state index contributed by atoms with van der Waals surface area (Å²) in [5, 5.41) is 44.2. The van der Waals surface area contributed by atoms with Crippen LogP contribution in [-0.4, -0.2) is 70.0 Å². The molecule has 0 bridgehead atoms. The minimum Gasteiger partial charge on any atom is -0.412 e. The molecule has 0 amide bonds. The van der Waals surface area contributed by atoms with Crippen molar-refractivity contribution in [2.24, 2.45) is 0 Å². The molecule has 0 fully saturated rings. The molecule has 23 heteroatoms. The van der Waals surface area contributed by atoms with Crippen molar-refractivity contribution in [2.75, 3.05) is 0 Å². The van der Waals surface area contributed by atoms with Crippen LogP contribution in [0.25, 0.3) is 0 Å². The van der Waals surface area contributed by atoms with Crippen molar-refractivity contribution < 1.29 is 87.1 Å². The molecular formula is H20FeN3O19. The minimum absolute atomic E-state index is 0. The Kier molecular flexibility index (Phi) is 1190. The molecule has 1 radical (unpaired) electrons. The monoisotopic (exact) mass is 422 g/mol. The topological polar surface area (TPSA) is 514 Å². The van der Waals surface area contributed by atoms with Crippen LogP contribution >= 0.6 is 0 Å².